The standard InChI is InChI=1S/C10H14O/c1-7-2-3-9-6-8(7)4-5-10(9)11/h8-9H,1-6H2. The molecule has 0 saturated heterocycles. The molecule has 0 heterocycles. The predicted molar refractivity (Wildman–Crippen MR) is 44.2 cm³/mol. The molecular weight excluding hydrogens is 136 g/mol. The van der Waals surface area contributed by atoms with Crippen molar-refractivity contribution in [3.05, 3.63) is 12.2 Å². The third-order valence-electron chi connectivity index (χ3n) is 3.15. The average Bonchev–Trinajstić information content (AvgIpc) is 2.02. The van der Waals surface area contributed by atoms with Crippen LogP contribution in [0.2, 0.25) is 0 Å². The normalized spacial score (nSPS) is 37.5. The minimum absolute atomic E-state index is 0.402. The van der Waals surface area contributed by atoms with Crippen LogP contribution in [0, 0.1) is 11.8 Å². The van der Waals surface area contributed by atoms with E-state index < -0.39 is 0 Å². The second kappa shape index (κ2) is 2.47. The van der Waals surface area contributed by atoms with Crippen molar-refractivity contribution >= 4 is 5.78 Å². The van der Waals surface area contributed by atoms with Gasteiger partial charge in [-0.1, -0.05) is 12.2 Å². The molecule has 2 fully saturated rings. The highest BCUT2D eigenvalue weighted by molar-refractivity contribution is 5.82. The summed E-state index contributed by atoms with van der Waals surface area (Å²) in [6.45, 7) is 4.05. The van der Waals surface area contributed by atoms with E-state index in [2.05, 4.69) is 6.58 Å². The predicted octanol–water partition coefficient (Wildman–Crippen LogP) is 2.32. The molecule has 0 aromatic heterocycles. The van der Waals surface area contributed by atoms with Crippen molar-refractivity contribution in [2.45, 2.75) is 32.1 Å². The maximum Gasteiger partial charge on any atom is 0.136 e. The van der Waals surface area contributed by atoms with Gasteiger partial charge in [0, 0.05) is 12.3 Å². The lowest BCUT2D eigenvalue weighted by atomic mass is 9.70. The molecular formula is C10H14O. The largest absolute Gasteiger partial charge is 0.299 e. The van der Waals surface area contributed by atoms with E-state index in [-0.39, 0.29) is 0 Å². The molecule has 11 heavy (non-hydrogen) atoms. The van der Waals surface area contributed by atoms with Crippen molar-refractivity contribution in [1.29, 1.82) is 0 Å². The summed E-state index contributed by atoms with van der Waals surface area (Å²) in [5.41, 5.74) is 1.40. The fraction of sp³-hybridized carbons (Fsp3) is 0.700. The fourth-order valence-electron chi connectivity index (χ4n) is 2.33. The van der Waals surface area contributed by atoms with Gasteiger partial charge in [0.15, 0.2) is 0 Å². The first-order valence-electron chi connectivity index (χ1n) is 4.48. The van der Waals surface area contributed by atoms with Gasteiger partial charge in [0.05, 0.1) is 0 Å². The summed E-state index contributed by atoms with van der Waals surface area (Å²) in [5.74, 6) is 1.60. The fourth-order valence-corrected chi connectivity index (χ4v) is 2.33. The number of fused-ring (bicyclic) bond motifs is 2. The second-order valence-electron chi connectivity index (χ2n) is 3.83. The number of Topliss-reactive ketones (excluding diaryl/α,β-unsaturated/α-hetero) is 1. The smallest absolute Gasteiger partial charge is 0.136 e. The van der Waals surface area contributed by atoms with E-state index in [1.54, 1.807) is 0 Å². The third-order valence-corrected chi connectivity index (χ3v) is 3.15. The summed E-state index contributed by atoms with van der Waals surface area (Å²) < 4.78 is 0. The van der Waals surface area contributed by atoms with Crippen LogP contribution in [0.4, 0.5) is 0 Å². The summed E-state index contributed by atoms with van der Waals surface area (Å²) in [4.78, 5) is 11.3. The molecule has 2 bridgehead atoms. The van der Waals surface area contributed by atoms with Gasteiger partial charge >= 0.3 is 0 Å². The first-order valence-corrected chi connectivity index (χ1v) is 4.48. The molecule has 0 spiro atoms. The summed E-state index contributed by atoms with van der Waals surface area (Å²) in [7, 11) is 0. The number of rotatable bonds is 0. The van der Waals surface area contributed by atoms with Crippen LogP contribution < -0.4 is 0 Å². The van der Waals surface area contributed by atoms with Gasteiger partial charge in [-0.05, 0) is 31.6 Å². The number of allylic oxidation sites excluding steroid dienone is 1. The lowest BCUT2D eigenvalue weighted by molar-refractivity contribution is -0.126. The van der Waals surface area contributed by atoms with Crippen LogP contribution in [0.1, 0.15) is 32.1 Å². The van der Waals surface area contributed by atoms with Crippen LogP contribution in [-0.2, 0) is 4.79 Å². The highest BCUT2D eigenvalue weighted by Gasteiger charge is 2.33. The zero-order valence-corrected chi connectivity index (χ0v) is 6.81. The van der Waals surface area contributed by atoms with Gasteiger partial charge in [0.2, 0.25) is 0 Å². The molecule has 0 aromatic rings. The van der Waals surface area contributed by atoms with Crippen LogP contribution >= 0.6 is 0 Å². The Bertz CT molecular complexity index is 183. The van der Waals surface area contributed by atoms with E-state index in [1.807, 2.05) is 0 Å². The molecule has 2 saturated carbocycles. The van der Waals surface area contributed by atoms with E-state index in [1.165, 1.54) is 5.57 Å². The Morgan fingerprint density at radius 2 is 1.91 bits per heavy atom. The number of carbonyl (C=O) groups is 1. The van der Waals surface area contributed by atoms with E-state index in [4.69, 9.17) is 0 Å². The molecule has 60 valence electrons. The van der Waals surface area contributed by atoms with Crippen LogP contribution in [0.15, 0.2) is 12.2 Å². The number of hydrogen-bond acceptors (Lipinski definition) is 1. The summed E-state index contributed by atoms with van der Waals surface area (Å²) in [5, 5.41) is 0. The zero-order chi connectivity index (χ0) is 7.84. The topological polar surface area (TPSA) is 17.1 Å². The maximum atomic E-state index is 11.3. The first kappa shape index (κ1) is 7.08. The van der Waals surface area contributed by atoms with Crippen LogP contribution in [0.5, 0.6) is 0 Å². The SMILES string of the molecule is C=C1CCC2CC1CCC2=O. The van der Waals surface area contributed by atoms with Crippen molar-refractivity contribution < 1.29 is 4.79 Å². The van der Waals surface area contributed by atoms with E-state index >= 15 is 0 Å². The lowest BCUT2D eigenvalue weighted by Crippen LogP contribution is -2.29. The Hall–Kier alpha value is -0.590. The van der Waals surface area contributed by atoms with Gasteiger partial charge in [0.1, 0.15) is 5.78 Å². The van der Waals surface area contributed by atoms with Gasteiger partial charge in [-0.25, -0.2) is 0 Å². The third kappa shape index (κ3) is 1.13. The van der Waals surface area contributed by atoms with Crippen LogP contribution in [0.3, 0.4) is 0 Å². The Morgan fingerprint density at radius 1 is 1.18 bits per heavy atom. The Kier molecular flexibility index (Phi) is 1.59. The van der Waals surface area contributed by atoms with Gasteiger partial charge in [0.25, 0.3) is 0 Å². The molecule has 2 rings (SSSR count). The number of ketones is 1. The molecule has 2 aliphatic rings. The van der Waals surface area contributed by atoms with Gasteiger partial charge in [-0.3, -0.25) is 4.79 Å². The molecule has 2 aliphatic carbocycles. The minimum Gasteiger partial charge on any atom is -0.299 e. The van der Waals surface area contributed by atoms with E-state index in [0.29, 0.717) is 17.6 Å². The van der Waals surface area contributed by atoms with Crippen molar-refractivity contribution in [2.24, 2.45) is 11.8 Å². The minimum atomic E-state index is 0.402. The van der Waals surface area contributed by atoms with Gasteiger partial charge in [-0.15, -0.1) is 0 Å². The molecule has 1 nitrogen and oxygen atoms in total. The summed E-state index contributed by atoms with van der Waals surface area (Å²) in [6, 6.07) is 0. The van der Waals surface area contributed by atoms with Crippen molar-refractivity contribution in [3.63, 3.8) is 0 Å². The number of hydrogen-bond donors (Lipinski definition) is 0. The Morgan fingerprint density at radius 3 is 2.73 bits per heavy atom. The van der Waals surface area contributed by atoms with Crippen LogP contribution in [-0.4, -0.2) is 5.78 Å². The van der Waals surface area contributed by atoms with E-state index in [0.717, 1.165) is 32.1 Å². The second-order valence-corrected chi connectivity index (χ2v) is 3.83. The zero-order valence-electron chi connectivity index (χ0n) is 6.81. The number of carbonyl (C=O) groups excluding carboxylic acids is 1. The molecule has 2 unspecified atom stereocenters. The molecule has 0 aliphatic heterocycles. The van der Waals surface area contributed by atoms with Gasteiger partial charge in [-0.2, -0.15) is 0 Å². The van der Waals surface area contributed by atoms with Crippen molar-refractivity contribution in [1.82, 2.24) is 0 Å². The average molecular weight is 150 g/mol. The summed E-state index contributed by atoms with van der Waals surface area (Å²) >= 11 is 0. The Labute approximate surface area is 67.5 Å². The molecule has 0 aromatic carbocycles. The molecule has 0 N–H and O–H groups in total. The lowest BCUT2D eigenvalue weighted by Gasteiger charge is -2.34. The van der Waals surface area contributed by atoms with Crippen LogP contribution in [0.25, 0.3) is 0 Å². The van der Waals surface area contributed by atoms with Crippen molar-refractivity contribution in [2.75, 3.05) is 0 Å². The molecule has 0 radical (unpaired) electrons. The summed E-state index contributed by atoms with van der Waals surface area (Å²) in [6.07, 6.45) is 5.18. The highest BCUT2D eigenvalue weighted by Crippen LogP contribution is 2.40. The quantitative estimate of drug-likeness (QED) is 0.484. The van der Waals surface area contributed by atoms with E-state index in [9.17, 15) is 4.79 Å². The first-order chi connectivity index (χ1) is 5.27. The monoisotopic (exact) mass is 150 g/mol. The van der Waals surface area contributed by atoms with Gasteiger partial charge < -0.3 is 0 Å². The molecule has 1 heteroatoms. The maximum absolute atomic E-state index is 11.3. The highest BCUT2D eigenvalue weighted by atomic mass is 16.1. The molecule has 2 atom stereocenters. The molecule has 0 amide bonds. The van der Waals surface area contributed by atoms with Crippen molar-refractivity contribution in [3.8, 4) is 0 Å². The Balaban J connectivity index is 2.14.